The largest absolute Gasteiger partial charge is 0.326 e. The summed E-state index contributed by atoms with van der Waals surface area (Å²) in [5.74, 6) is -0.292. The molecule has 0 radical (unpaired) electrons. The smallest absolute Gasteiger partial charge is 0.242 e. The Morgan fingerprint density at radius 2 is 1.93 bits per heavy atom. The third kappa shape index (κ3) is 4.75. The summed E-state index contributed by atoms with van der Waals surface area (Å²) in [7, 11) is 0. The van der Waals surface area contributed by atoms with Crippen molar-refractivity contribution in [2.45, 2.75) is 32.4 Å². The van der Waals surface area contributed by atoms with E-state index < -0.39 is 5.25 Å². The van der Waals surface area contributed by atoms with E-state index in [4.69, 9.17) is 16.6 Å². The third-order valence-electron chi connectivity index (χ3n) is 4.42. The SMILES string of the molecule is CCN1C(=O)C(CC(=O)Nc2ccc(Cl)cc2)SC1=Nc1cc(C)ccc1C. The number of hydrogen-bond donors (Lipinski definition) is 1. The van der Waals surface area contributed by atoms with Gasteiger partial charge in [-0.1, -0.05) is 35.5 Å². The number of carbonyl (C=O) groups excluding carboxylic acids is 2. The minimum absolute atomic E-state index is 0.0807. The van der Waals surface area contributed by atoms with Crippen LogP contribution in [0.2, 0.25) is 5.02 Å². The predicted octanol–water partition coefficient (Wildman–Crippen LogP) is 4.94. The molecule has 1 fully saturated rings. The Kier molecular flexibility index (Phi) is 6.42. The van der Waals surface area contributed by atoms with Crippen LogP contribution < -0.4 is 5.32 Å². The van der Waals surface area contributed by atoms with Crippen molar-refractivity contribution in [2.24, 2.45) is 4.99 Å². The molecule has 2 aromatic carbocycles. The van der Waals surface area contributed by atoms with Gasteiger partial charge < -0.3 is 5.32 Å². The molecule has 2 amide bonds. The Hall–Kier alpha value is -2.31. The molecule has 1 aliphatic rings. The lowest BCUT2D eigenvalue weighted by molar-refractivity contribution is -0.128. The molecule has 1 saturated heterocycles. The number of nitrogens with one attached hydrogen (secondary N) is 1. The number of halogens is 1. The highest BCUT2D eigenvalue weighted by Crippen LogP contribution is 2.32. The van der Waals surface area contributed by atoms with Crippen molar-refractivity contribution in [2.75, 3.05) is 11.9 Å². The summed E-state index contributed by atoms with van der Waals surface area (Å²) in [4.78, 5) is 31.5. The number of carbonyl (C=O) groups is 2. The van der Waals surface area contributed by atoms with Gasteiger partial charge in [0.1, 0.15) is 5.25 Å². The van der Waals surface area contributed by atoms with E-state index in [-0.39, 0.29) is 18.2 Å². The first-order valence-corrected chi connectivity index (χ1v) is 10.3. The maximum absolute atomic E-state index is 12.7. The topological polar surface area (TPSA) is 61.8 Å². The average Bonchev–Trinajstić information content (AvgIpc) is 2.94. The van der Waals surface area contributed by atoms with Gasteiger partial charge in [-0.25, -0.2) is 4.99 Å². The molecule has 0 saturated carbocycles. The van der Waals surface area contributed by atoms with Gasteiger partial charge in [0.15, 0.2) is 5.17 Å². The normalized spacial score (nSPS) is 18.0. The zero-order valence-electron chi connectivity index (χ0n) is 16.0. The number of amides is 2. The molecule has 1 heterocycles. The van der Waals surface area contributed by atoms with Crippen molar-refractivity contribution < 1.29 is 9.59 Å². The number of rotatable bonds is 5. The predicted molar refractivity (Wildman–Crippen MR) is 116 cm³/mol. The third-order valence-corrected chi connectivity index (χ3v) is 5.84. The number of aryl methyl sites for hydroxylation is 2. The Labute approximate surface area is 174 Å². The second kappa shape index (κ2) is 8.80. The van der Waals surface area contributed by atoms with Crippen LogP contribution >= 0.6 is 23.4 Å². The van der Waals surface area contributed by atoms with Gasteiger partial charge in [-0.2, -0.15) is 0 Å². The number of amidine groups is 1. The van der Waals surface area contributed by atoms with E-state index in [1.165, 1.54) is 11.8 Å². The molecular weight excluding hydrogens is 394 g/mol. The first-order chi connectivity index (χ1) is 13.4. The van der Waals surface area contributed by atoms with Crippen LogP contribution in [0.1, 0.15) is 24.5 Å². The first-order valence-electron chi connectivity index (χ1n) is 9.06. The van der Waals surface area contributed by atoms with Crippen LogP contribution in [-0.4, -0.2) is 33.7 Å². The molecule has 146 valence electrons. The second-order valence-electron chi connectivity index (χ2n) is 6.63. The number of benzene rings is 2. The summed E-state index contributed by atoms with van der Waals surface area (Å²) in [6, 6.07) is 12.9. The fraction of sp³-hybridized carbons (Fsp3) is 0.286. The minimum Gasteiger partial charge on any atom is -0.326 e. The summed E-state index contributed by atoms with van der Waals surface area (Å²) in [5, 5.41) is 3.58. The number of thioether (sulfide) groups is 1. The van der Waals surface area contributed by atoms with E-state index in [1.807, 2.05) is 39.0 Å². The van der Waals surface area contributed by atoms with Gasteiger partial charge in [0.25, 0.3) is 0 Å². The van der Waals surface area contributed by atoms with E-state index in [0.717, 1.165) is 16.8 Å². The first kappa shape index (κ1) is 20.4. The molecule has 0 aromatic heterocycles. The average molecular weight is 416 g/mol. The van der Waals surface area contributed by atoms with Crippen molar-refractivity contribution in [3.63, 3.8) is 0 Å². The molecule has 0 spiro atoms. The summed E-state index contributed by atoms with van der Waals surface area (Å²) in [6.07, 6.45) is 0.0917. The molecule has 5 nitrogen and oxygen atoms in total. The Bertz CT molecular complexity index is 928. The van der Waals surface area contributed by atoms with E-state index in [9.17, 15) is 9.59 Å². The van der Waals surface area contributed by atoms with Gasteiger partial charge in [-0.15, -0.1) is 0 Å². The summed E-state index contributed by atoms with van der Waals surface area (Å²) in [6.45, 7) is 6.43. The lowest BCUT2D eigenvalue weighted by Crippen LogP contribution is -2.33. The van der Waals surface area contributed by atoms with E-state index in [2.05, 4.69) is 5.32 Å². The second-order valence-corrected chi connectivity index (χ2v) is 8.24. The molecule has 1 N–H and O–H groups in total. The molecule has 1 aliphatic heterocycles. The van der Waals surface area contributed by atoms with Gasteiger partial charge in [-0.05, 0) is 62.2 Å². The van der Waals surface area contributed by atoms with Crippen LogP contribution in [0.3, 0.4) is 0 Å². The molecular formula is C21H22ClN3O2S. The minimum atomic E-state index is -0.476. The van der Waals surface area contributed by atoms with Crippen molar-refractivity contribution in [3.8, 4) is 0 Å². The zero-order valence-corrected chi connectivity index (χ0v) is 17.6. The van der Waals surface area contributed by atoms with Gasteiger partial charge in [0.05, 0.1) is 5.69 Å². The molecule has 2 aromatic rings. The van der Waals surface area contributed by atoms with Crippen LogP contribution in [0.15, 0.2) is 47.5 Å². The molecule has 0 bridgehead atoms. The van der Waals surface area contributed by atoms with Crippen molar-refractivity contribution >= 4 is 51.7 Å². The maximum atomic E-state index is 12.7. The van der Waals surface area contributed by atoms with Gasteiger partial charge in [0.2, 0.25) is 11.8 Å². The number of aliphatic imine (C=N–C) groups is 1. The van der Waals surface area contributed by atoms with E-state index in [1.54, 1.807) is 29.2 Å². The highest BCUT2D eigenvalue weighted by Gasteiger charge is 2.38. The summed E-state index contributed by atoms with van der Waals surface area (Å²) >= 11 is 7.21. The Morgan fingerprint density at radius 1 is 1.21 bits per heavy atom. The van der Waals surface area contributed by atoms with Crippen molar-refractivity contribution in [1.82, 2.24) is 4.90 Å². The maximum Gasteiger partial charge on any atom is 0.242 e. The van der Waals surface area contributed by atoms with Gasteiger partial charge in [-0.3, -0.25) is 14.5 Å². The van der Waals surface area contributed by atoms with E-state index >= 15 is 0 Å². The molecule has 7 heteroatoms. The number of anilines is 1. The number of hydrogen-bond acceptors (Lipinski definition) is 4. The van der Waals surface area contributed by atoms with Crippen LogP contribution in [0, 0.1) is 13.8 Å². The van der Waals surface area contributed by atoms with Crippen molar-refractivity contribution in [1.29, 1.82) is 0 Å². The lowest BCUT2D eigenvalue weighted by atomic mass is 10.1. The molecule has 1 atom stereocenters. The molecule has 3 rings (SSSR count). The summed E-state index contributed by atoms with van der Waals surface area (Å²) in [5.41, 5.74) is 3.66. The summed E-state index contributed by atoms with van der Waals surface area (Å²) < 4.78 is 0. The van der Waals surface area contributed by atoms with E-state index in [0.29, 0.717) is 22.4 Å². The molecule has 1 unspecified atom stereocenters. The Morgan fingerprint density at radius 3 is 2.61 bits per heavy atom. The quantitative estimate of drug-likeness (QED) is 0.752. The standard InChI is InChI=1S/C21H22ClN3O2S/c1-4-25-20(27)18(12-19(26)23-16-9-7-15(22)8-10-16)28-21(25)24-17-11-13(2)5-6-14(17)3/h5-11,18H,4,12H2,1-3H3,(H,23,26). The zero-order chi connectivity index (χ0) is 20.3. The van der Waals surface area contributed by atoms with Crippen LogP contribution in [0.25, 0.3) is 0 Å². The van der Waals surface area contributed by atoms with Crippen LogP contribution in [0.5, 0.6) is 0 Å². The van der Waals surface area contributed by atoms with Gasteiger partial charge >= 0.3 is 0 Å². The van der Waals surface area contributed by atoms with Crippen LogP contribution in [0.4, 0.5) is 11.4 Å². The Balaban J connectivity index is 1.73. The molecule has 28 heavy (non-hydrogen) atoms. The van der Waals surface area contributed by atoms with Crippen LogP contribution in [-0.2, 0) is 9.59 Å². The highest BCUT2D eigenvalue weighted by molar-refractivity contribution is 8.15. The fourth-order valence-electron chi connectivity index (χ4n) is 2.87. The van der Waals surface area contributed by atoms with Gasteiger partial charge in [0, 0.05) is 23.7 Å². The monoisotopic (exact) mass is 415 g/mol. The number of nitrogens with zero attached hydrogens (tertiary/aromatic N) is 2. The molecule has 0 aliphatic carbocycles. The lowest BCUT2D eigenvalue weighted by Gasteiger charge is -2.14. The van der Waals surface area contributed by atoms with Crippen molar-refractivity contribution in [3.05, 3.63) is 58.6 Å². The fourth-order valence-corrected chi connectivity index (χ4v) is 4.21. The highest BCUT2D eigenvalue weighted by atomic mass is 35.5.